The van der Waals surface area contributed by atoms with Gasteiger partial charge in [-0.15, -0.1) is 0 Å². The highest BCUT2D eigenvalue weighted by Gasteiger charge is 2.09. The molecule has 0 heterocycles. The van der Waals surface area contributed by atoms with Gasteiger partial charge in [-0.2, -0.15) is 0 Å². The van der Waals surface area contributed by atoms with E-state index in [0.29, 0.717) is 5.57 Å². The zero-order valence-corrected chi connectivity index (χ0v) is 7.79. The molecular weight excluding hydrogens is 160 g/mol. The lowest BCUT2D eigenvalue weighted by Gasteiger charge is -2.10. The van der Waals surface area contributed by atoms with Crippen LogP contribution in [0.1, 0.15) is 13.8 Å². The Morgan fingerprint density at radius 2 is 2.00 bits per heavy atom. The second kappa shape index (κ2) is 5.60. The van der Waals surface area contributed by atoms with Crippen molar-refractivity contribution in [3.63, 3.8) is 0 Å². The summed E-state index contributed by atoms with van der Waals surface area (Å²) in [5, 5.41) is 0. The molecule has 0 aliphatic heterocycles. The van der Waals surface area contributed by atoms with Gasteiger partial charge in [0.25, 0.3) is 0 Å². The van der Waals surface area contributed by atoms with Gasteiger partial charge in [-0.1, -0.05) is 0 Å². The number of esters is 1. The van der Waals surface area contributed by atoms with Crippen molar-refractivity contribution in [1.82, 2.24) is 0 Å². The minimum atomic E-state index is -0.530. The summed E-state index contributed by atoms with van der Waals surface area (Å²) in [7, 11) is 2.93. The van der Waals surface area contributed by atoms with Gasteiger partial charge in [0.1, 0.15) is 0 Å². The SMILES string of the molecule is CO/C=C(\C)C(=O)OC(C)OC. The molecule has 70 valence electrons. The van der Waals surface area contributed by atoms with E-state index in [4.69, 9.17) is 9.47 Å². The topological polar surface area (TPSA) is 44.8 Å². The summed E-state index contributed by atoms with van der Waals surface area (Å²) >= 11 is 0. The highest BCUT2D eigenvalue weighted by atomic mass is 16.7. The third-order valence-electron chi connectivity index (χ3n) is 1.22. The lowest BCUT2D eigenvalue weighted by atomic mass is 10.3. The molecule has 0 N–H and O–H groups in total. The van der Waals surface area contributed by atoms with Gasteiger partial charge in [0.2, 0.25) is 0 Å². The van der Waals surface area contributed by atoms with Crippen LogP contribution in [0.5, 0.6) is 0 Å². The Bertz CT molecular complexity index is 174. The lowest BCUT2D eigenvalue weighted by Crippen LogP contribution is -2.17. The standard InChI is InChI=1S/C8H14O4/c1-6(5-10-3)8(9)12-7(2)11-4/h5,7H,1-4H3/b6-5+. The Labute approximate surface area is 72.1 Å². The Morgan fingerprint density at radius 1 is 1.42 bits per heavy atom. The van der Waals surface area contributed by atoms with Gasteiger partial charge in [-0.05, 0) is 13.8 Å². The fourth-order valence-corrected chi connectivity index (χ4v) is 0.517. The van der Waals surface area contributed by atoms with Crippen molar-refractivity contribution in [2.45, 2.75) is 20.1 Å². The molecule has 0 aliphatic rings. The second-order valence-corrected chi connectivity index (χ2v) is 2.25. The minimum Gasteiger partial charge on any atom is -0.504 e. The van der Waals surface area contributed by atoms with E-state index >= 15 is 0 Å². The third kappa shape index (κ3) is 3.98. The largest absolute Gasteiger partial charge is 0.504 e. The Morgan fingerprint density at radius 3 is 2.42 bits per heavy atom. The van der Waals surface area contributed by atoms with Gasteiger partial charge in [0, 0.05) is 7.11 Å². The molecule has 0 aliphatic carbocycles. The van der Waals surface area contributed by atoms with Crippen molar-refractivity contribution in [3.05, 3.63) is 11.8 Å². The van der Waals surface area contributed by atoms with E-state index in [9.17, 15) is 4.79 Å². The number of methoxy groups -OCH3 is 2. The molecule has 0 bridgehead atoms. The van der Waals surface area contributed by atoms with Gasteiger partial charge in [-0.25, -0.2) is 4.79 Å². The second-order valence-electron chi connectivity index (χ2n) is 2.25. The maximum absolute atomic E-state index is 11.1. The first-order chi connectivity index (χ1) is 5.61. The van der Waals surface area contributed by atoms with Crippen LogP contribution in [-0.4, -0.2) is 26.5 Å². The van der Waals surface area contributed by atoms with E-state index < -0.39 is 12.3 Å². The van der Waals surface area contributed by atoms with Crippen LogP contribution in [0.3, 0.4) is 0 Å². The summed E-state index contributed by atoms with van der Waals surface area (Å²) in [5.74, 6) is -0.439. The normalized spacial score (nSPS) is 13.8. The zero-order chi connectivity index (χ0) is 9.56. The van der Waals surface area contributed by atoms with E-state index in [2.05, 4.69) is 4.74 Å². The number of carbonyl (C=O) groups excluding carboxylic acids is 1. The maximum Gasteiger partial charge on any atom is 0.339 e. The molecule has 12 heavy (non-hydrogen) atoms. The molecule has 0 amide bonds. The molecule has 4 heteroatoms. The molecular formula is C8H14O4. The van der Waals surface area contributed by atoms with Crippen LogP contribution < -0.4 is 0 Å². The molecule has 0 radical (unpaired) electrons. The molecule has 0 aromatic heterocycles. The molecule has 0 saturated heterocycles. The molecule has 1 atom stereocenters. The summed E-state index contributed by atoms with van der Waals surface area (Å²) in [6.07, 6.45) is 0.794. The number of ether oxygens (including phenoxy) is 3. The smallest absolute Gasteiger partial charge is 0.339 e. The van der Waals surface area contributed by atoms with E-state index in [1.807, 2.05) is 0 Å². The summed E-state index contributed by atoms with van der Waals surface area (Å²) < 4.78 is 14.2. The quantitative estimate of drug-likeness (QED) is 0.277. The van der Waals surface area contributed by atoms with Crippen LogP contribution in [0.2, 0.25) is 0 Å². The molecule has 1 unspecified atom stereocenters. The van der Waals surface area contributed by atoms with Crippen LogP contribution in [0.15, 0.2) is 11.8 Å². The van der Waals surface area contributed by atoms with Crippen molar-refractivity contribution >= 4 is 5.97 Å². The van der Waals surface area contributed by atoms with Crippen LogP contribution >= 0.6 is 0 Å². The van der Waals surface area contributed by atoms with E-state index in [0.717, 1.165) is 0 Å². The van der Waals surface area contributed by atoms with Crippen LogP contribution in [0.25, 0.3) is 0 Å². The zero-order valence-electron chi connectivity index (χ0n) is 7.79. The average molecular weight is 174 g/mol. The molecule has 0 aromatic carbocycles. The summed E-state index contributed by atoms with van der Waals surface area (Å²) in [6.45, 7) is 3.24. The molecule has 0 spiro atoms. The van der Waals surface area contributed by atoms with Crippen molar-refractivity contribution in [3.8, 4) is 0 Å². The van der Waals surface area contributed by atoms with Crippen LogP contribution in [0, 0.1) is 0 Å². The van der Waals surface area contributed by atoms with Crippen molar-refractivity contribution in [2.24, 2.45) is 0 Å². The van der Waals surface area contributed by atoms with Gasteiger partial charge >= 0.3 is 5.97 Å². The highest BCUT2D eigenvalue weighted by Crippen LogP contribution is 2.00. The first-order valence-corrected chi connectivity index (χ1v) is 3.55. The summed E-state index contributed by atoms with van der Waals surface area (Å²) in [5.41, 5.74) is 0.404. The van der Waals surface area contributed by atoms with Crippen molar-refractivity contribution in [2.75, 3.05) is 14.2 Å². The predicted octanol–water partition coefficient (Wildman–Crippen LogP) is 1.07. The molecule has 0 rings (SSSR count). The first-order valence-electron chi connectivity index (χ1n) is 3.55. The summed E-state index contributed by atoms with van der Waals surface area (Å²) in [6, 6.07) is 0. The molecule has 0 aromatic rings. The molecule has 0 saturated carbocycles. The fourth-order valence-electron chi connectivity index (χ4n) is 0.517. The predicted molar refractivity (Wildman–Crippen MR) is 43.3 cm³/mol. The van der Waals surface area contributed by atoms with Crippen molar-refractivity contribution in [1.29, 1.82) is 0 Å². The Balaban J connectivity index is 3.95. The molecule has 0 fully saturated rings. The number of hydrogen-bond acceptors (Lipinski definition) is 4. The van der Waals surface area contributed by atoms with Gasteiger partial charge in [-0.3, -0.25) is 0 Å². The number of hydrogen-bond donors (Lipinski definition) is 0. The summed E-state index contributed by atoms with van der Waals surface area (Å²) in [4.78, 5) is 11.1. The number of carbonyl (C=O) groups is 1. The third-order valence-corrected chi connectivity index (χ3v) is 1.22. The Kier molecular flexibility index (Phi) is 5.12. The first kappa shape index (κ1) is 11.0. The van der Waals surface area contributed by atoms with E-state index in [-0.39, 0.29) is 0 Å². The van der Waals surface area contributed by atoms with Gasteiger partial charge in [0.15, 0.2) is 6.29 Å². The van der Waals surface area contributed by atoms with Crippen molar-refractivity contribution < 1.29 is 19.0 Å². The monoisotopic (exact) mass is 174 g/mol. The van der Waals surface area contributed by atoms with E-state index in [1.165, 1.54) is 20.5 Å². The Hall–Kier alpha value is -1.03. The van der Waals surface area contributed by atoms with Crippen LogP contribution in [-0.2, 0) is 19.0 Å². The van der Waals surface area contributed by atoms with Gasteiger partial charge < -0.3 is 14.2 Å². The lowest BCUT2D eigenvalue weighted by molar-refractivity contribution is -0.165. The van der Waals surface area contributed by atoms with Gasteiger partial charge in [0.05, 0.1) is 18.9 Å². The highest BCUT2D eigenvalue weighted by molar-refractivity contribution is 5.87. The molecule has 4 nitrogen and oxygen atoms in total. The van der Waals surface area contributed by atoms with Crippen LogP contribution in [0.4, 0.5) is 0 Å². The number of rotatable bonds is 4. The van der Waals surface area contributed by atoms with E-state index in [1.54, 1.807) is 13.8 Å². The minimum absolute atomic E-state index is 0.404. The average Bonchev–Trinajstić information content (AvgIpc) is 2.04. The fraction of sp³-hybridized carbons (Fsp3) is 0.625. The maximum atomic E-state index is 11.1.